The first-order valence-electron chi connectivity index (χ1n) is 8.56. The summed E-state index contributed by atoms with van der Waals surface area (Å²) in [5.41, 5.74) is 0.858. The van der Waals surface area contributed by atoms with E-state index in [-0.39, 0.29) is 19.1 Å². The molecule has 1 aromatic carbocycles. The fourth-order valence-electron chi connectivity index (χ4n) is 3.30. The highest BCUT2D eigenvalue weighted by molar-refractivity contribution is 5.74. The maximum absolute atomic E-state index is 11.9. The van der Waals surface area contributed by atoms with Gasteiger partial charge in [0.15, 0.2) is 12.6 Å². The number of carbonyl (C=O) groups excluding carboxylic acids is 2. The van der Waals surface area contributed by atoms with Crippen molar-refractivity contribution < 1.29 is 28.5 Å². The Balaban J connectivity index is 1.81. The number of rotatable bonds is 6. The molecule has 0 saturated carbocycles. The predicted molar refractivity (Wildman–Crippen MR) is 92.0 cm³/mol. The van der Waals surface area contributed by atoms with Crippen molar-refractivity contribution in [1.29, 1.82) is 0 Å². The third kappa shape index (κ3) is 4.02. The van der Waals surface area contributed by atoms with Gasteiger partial charge in [-0.3, -0.25) is 4.79 Å². The first-order chi connectivity index (χ1) is 12.6. The Labute approximate surface area is 152 Å². The molecule has 2 heterocycles. The maximum atomic E-state index is 11.9. The van der Waals surface area contributed by atoms with Crippen LogP contribution in [0.3, 0.4) is 0 Å². The number of fused-ring (bicyclic) bond motifs is 1. The monoisotopic (exact) mass is 361 g/mol. The van der Waals surface area contributed by atoms with Gasteiger partial charge in [-0.15, -0.1) is 6.58 Å². The minimum absolute atomic E-state index is 0.234. The van der Waals surface area contributed by atoms with Crippen LogP contribution < -0.4 is 5.32 Å². The molecule has 1 amide bonds. The molecule has 6 atom stereocenters. The van der Waals surface area contributed by atoms with E-state index in [9.17, 15) is 9.59 Å². The lowest BCUT2D eigenvalue weighted by atomic mass is 9.87. The summed E-state index contributed by atoms with van der Waals surface area (Å²) >= 11 is 0. The van der Waals surface area contributed by atoms with E-state index >= 15 is 0 Å². The summed E-state index contributed by atoms with van der Waals surface area (Å²) in [7, 11) is 0. The van der Waals surface area contributed by atoms with Crippen molar-refractivity contribution in [3.8, 4) is 0 Å². The number of ether oxygens (including phenoxy) is 4. The topological polar surface area (TPSA) is 83.1 Å². The van der Waals surface area contributed by atoms with Crippen molar-refractivity contribution in [2.45, 2.75) is 37.8 Å². The number of hydrogen-bond acceptors (Lipinski definition) is 6. The zero-order chi connectivity index (χ0) is 18.5. The summed E-state index contributed by atoms with van der Waals surface area (Å²) < 4.78 is 23.4. The molecule has 3 rings (SSSR count). The molecule has 0 bridgehead atoms. The van der Waals surface area contributed by atoms with Gasteiger partial charge in [0.2, 0.25) is 5.91 Å². The lowest BCUT2D eigenvalue weighted by molar-refractivity contribution is -0.330. The number of hydrogen-bond donors (Lipinski definition) is 1. The van der Waals surface area contributed by atoms with Gasteiger partial charge < -0.3 is 29.1 Å². The van der Waals surface area contributed by atoms with E-state index in [1.165, 1.54) is 6.92 Å². The van der Waals surface area contributed by atoms with Crippen molar-refractivity contribution in [2.75, 3.05) is 13.2 Å². The van der Waals surface area contributed by atoms with Gasteiger partial charge in [0.25, 0.3) is 0 Å². The van der Waals surface area contributed by atoms with Gasteiger partial charge in [-0.05, 0) is 0 Å². The van der Waals surface area contributed by atoms with Gasteiger partial charge in [0, 0.05) is 12.5 Å². The van der Waals surface area contributed by atoms with Gasteiger partial charge in [0.1, 0.15) is 18.5 Å². The second-order valence-electron chi connectivity index (χ2n) is 6.28. The van der Waals surface area contributed by atoms with Gasteiger partial charge in [-0.2, -0.15) is 0 Å². The first-order valence-corrected chi connectivity index (χ1v) is 8.56. The molecule has 0 aromatic heterocycles. The molecule has 7 heteroatoms. The molecule has 26 heavy (non-hydrogen) atoms. The molecule has 140 valence electrons. The summed E-state index contributed by atoms with van der Waals surface area (Å²) in [5, 5.41) is 2.75. The highest BCUT2D eigenvalue weighted by Gasteiger charge is 2.50. The van der Waals surface area contributed by atoms with E-state index in [0.717, 1.165) is 11.8 Å². The van der Waals surface area contributed by atoms with E-state index < -0.39 is 36.7 Å². The Hall–Kier alpha value is -2.06. The summed E-state index contributed by atoms with van der Waals surface area (Å²) in [6, 6.07) is 8.82. The molecule has 1 aromatic rings. The summed E-state index contributed by atoms with van der Waals surface area (Å²) in [4.78, 5) is 23.5. The third-order valence-electron chi connectivity index (χ3n) is 4.43. The molecule has 2 aliphatic heterocycles. The number of carbonyl (C=O) groups is 2. The van der Waals surface area contributed by atoms with E-state index in [1.54, 1.807) is 6.08 Å². The van der Waals surface area contributed by atoms with Crippen LogP contribution >= 0.6 is 0 Å². The number of benzene rings is 1. The Morgan fingerprint density at radius 2 is 2.12 bits per heavy atom. The van der Waals surface area contributed by atoms with Crippen LogP contribution in [-0.4, -0.2) is 49.9 Å². The SMILES string of the molecule is C=CCO[C@H]1O[C@@H]2COC(c3ccccc3)O[C@H]2[C@H](C=O)[C@H]1NC(C)=O. The van der Waals surface area contributed by atoms with Crippen molar-refractivity contribution in [1.82, 2.24) is 5.32 Å². The summed E-state index contributed by atoms with van der Waals surface area (Å²) in [6.07, 6.45) is -0.0219. The molecule has 7 nitrogen and oxygen atoms in total. The second kappa shape index (κ2) is 8.55. The number of amides is 1. The van der Waals surface area contributed by atoms with Gasteiger partial charge in [-0.1, -0.05) is 36.4 Å². The lowest BCUT2D eigenvalue weighted by Crippen LogP contribution is -2.64. The molecule has 0 spiro atoms. The van der Waals surface area contributed by atoms with Crippen molar-refractivity contribution >= 4 is 12.2 Å². The van der Waals surface area contributed by atoms with Crippen LogP contribution in [0.4, 0.5) is 0 Å². The van der Waals surface area contributed by atoms with Crippen LogP contribution in [0.5, 0.6) is 0 Å². The Morgan fingerprint density at radius 3 is 2.77 bits per heavy atom. The largest absolute Gasteiger partial charge is 0.348 e. The molecule has 2 saturated heterocycles. The molecule has 2 fully saturated rings. The zero-order valence-corrected chi connectivity index (χ0v) is 14.6. The van der Waals surface area contributed by atoms with Crippen LogP contribution in [0.2, 0.25) is 0 Å². The minimum Gasteiger partial charge on any atom is -0.348 e. The molecule has 1 N–H and O–H groups in total. The first kappa shape index (κ1) is 18.7. The predicted octanol–water partition coefficient (Wildman–Crippen LogP) is 1.35. The Kier molecular flexibility index (Phi) is 6.16. The van der Waals surface area contributed by atoms with Gasteiger partial charge in [-0.25, -0.2) is 0 Å². The van der Waals surface area contributed by atoms with Crippen molar-refractivity contribution in [3.05, 3.63) is 48.6 Å². The Bertz CT molecular complexity index is 636. The van der Waals surface area contributed by atoms with Crippen LogP contribution in [0.25, 0.3) is 0 Å². The quantitative estimate of drug-likeness (QED) is 0.608. The molecule has 0 radical (unpaired) electrons. The average molecular weight is 361 g/mol. The normalized spacial score (nSPS) is 33.7. The zero-order valence-electron chi connectivity index (χ0n) is 14.6. The maximum Gasteiger partial charge on any atom is 0.217 e. The summed E-state index contributed by atoms with van der Waals surface area (Å²) in [5.74, 6) is -0.898. The smallest absolute Gasteiger partial charge is 0.217 e. The fraction of sp³-hybridized carbons (Fsp3) is 0.474. The average Bonchev–Trinajstić information content (AvgIpc) is 2.66. The molecular weight excluding hydrogens is 338 g/mol. The van der Waals surface area contributed by atoms with Crippen LogP contribution in [0.1, 0.15) is 18.8 Å². The Morgan fingerprint density at radius 1 is 1.35 bits per heavy atom. The third-order valence-corrected chi connectivity index (χ3v) is 4.43. The summed E-state index contributed by atoms with van der Waals surface area (Å²) in [6.45, 7) is 5.49. The fourth-order valence-corrected chi connectivity index (χ4v) is 3.30. The highest BCUT2D eigenvalue weighted by atomic mass is 16.7. The van der Waals surface area contributed by atoms with Gasteiger partial charge >= 0.3 is 0 Å². The van der Waals surface area contributed by atoms with Crippen LogP contribution in [-0.2, 0) is 28.5 Å². The number of nitrogens with one attached hydrogen (secondary N) is 1. The molecule has 0 aliphatic carbocycles. The van der Waals surface area contributed by atoms with Crippen molar-refractivity contribution in [3.63, 3.8) is 0 Å². The van der Waals surface area contributed by atoms with E-state index in [4.69, 9.17) is 18.9 Å². The molecule has 2 aliphatic rings. The standard InChI is InChI=1S/C19H23NO6/c1-3-9-23-19-16(20-12(2)22)14(10-21)17-15(25-19)11-24-18(26-17)13-7-5-4-6-8-13/h3-8,10,14-19H,1,9,11H2,2H3,(H,20,22)/t14-,15-,16-,17+,18?,19+/m1/s1. The van der Waals surface area contributed by atoms with Crippen LogP contribution in [0.15, 0.2) is 43.0 Å². The van der Waals surface area contributed by atoms with Crippen molar-refractivity contribution in [2.24, 2.45) is 5.92 Å². The van der Waals surface area contributed by atoms with E-state index in [0.29, 0.717) is 0 Å². The number of aldehydes is 1. The van der Waals surface area contributed by atoms with Crippen LogP contribution in [0, 0.1) is 5.92 Å². The molecular formula is C19H23NO6. The second-order valence-corrected chi connectivity index (χ2v) is 6.28. The van der Waals surface area contributed by atoms with E-state index in [2.05, 4.69) is 11.9 Å². The minimum atomic E-state index is -0.783. The molecule has 1 unspecified atom stereocenters. The van der Waals surface area contributed by atoms with Gasteiger partial charge in [0.05, 0.1) is 25.2 Å². The lowest BCUT2D eigenvalue weighted by Gasteiger charge is -2.48. The highest BCUT2D eigenvalue weighted by Crippen LogP contribution is 2.36. The van der Waals surface area contributed by atoms with E-state index in [1.807, 2.05) is 30.3 Å².